The van der Waals surface area contributed by atoms with Crippen molar-refractivity contribution < 1.29 is 0 Å². The lowest BCUT2D eigenvalue weighted by Crippen LogP contribution is -2.28. The van der Waals surface area contributed by atoms with Crippen LogP contribution in [0.1, 0.15) is 12.0 Å². The number of H-pyrrole nitrogens is 1. The van der Waals surface area contributed by atoms with Crippen LogP contribution in [0.15, 0.2) is 12.4 Å². The Bertz CT molecular complexity index is 244. The van der Waals surface area contributed by atoms with Crippen molar-refractivity contribution in [2.45, 2.75) is 18.9 Å². The second-order valence-electron chi connectivity index (χ2n) is 3.71. The van der Waals surface area contributed by atoms with E-state index in [0.717, 1.165) is 32.5 Å². The molecule has 0 bridgehead atoms. The normalized spacial score (nSPS) is 23.9. The Balaban J connectivity index is 1.74. The van der Waals surface area contributed by atoms with Crippen LogP contribution >= 0.6 is 0 Å². The number of hydrogen-bond donors (Lipinski definition) is 2. The third kappa shape index (κ3) is 2.29. The van der Waals surface area contributed by atoms with Gasteiger partial charge >= 0.3 is 0 Å². The molecule has 0 radical (unpaired) electrons. The lowest BCUT2D eigenvalue weighted by molar-refractivity contribution is 0.339. The van der Waals surface area contributed by atoms with E-state index in [1.165, 1.54) is 5.56 Å². The van der Waals surface area contributed by atoms with Crippen molar-refractivity contribution >= 4 is 0 Å². The minimum absolute atomic E-state index is 0.393. The van der Waals surface area contributed by atoms with E-state index in [1.807, 2.05) is 12.4 Å². The number of aromatic amines is 1. The van der Waals surface area contributed by atoms with Crippen molar-refractivity contribution in [3.63, 3.8) is 0 Å². The Morgan fingerprint density at radius 3 is 3.23 bits per heavy atom. The van der Waals surface area contributed by atoms with Crippen molar-refractivity contribution in [3.05, 3.63) is 18.0 Å². The Hall–Kier alpha value is -0.870. The molecule has 3 N–H and O–H groups in total. The van der Waals surface area contributed by atoms with Gasteiger partial charge in [-0.3, -0.25) is 5.10 Å². The van der Waals surface area contributed by atoms with Crippen molar-refractivity contribution in [2.75, 3.05) is 19.6 Å². The van der Waals surface area contributed by atoms with E-state index >= 15 is 0 Å². The van der Waals surface area contributed by atoms with Crippen LogP contribution in [-0.4, -0.2) is 40.8 Å². The van der Waals surface area contributed by atoms with Gasteiger partial charge in [-0.1, -0.05) is 0 Å². The summed E-state index contributed by atoms with van der Waals surface area (Å²) in [4.78, 5) is 2.41. The smallest absolute Gasteiger partial charge is 0.0519 e. The fourth-order valence-corrected chi connectivity index (χ4v) is 1.77. The summed E-state index contributed by atoms with van der Waals surface area (Å²) >= 11 is 0. The van der Waals surface area contributed by atoms with E-state index in [-0.39, 0.29) is 0 Å². The van der Waals surface area contributed by atoms with Crippen molar-refractivity contribution in [2.24, 2.45) is 5.73 Å². The van der Waals surface area contributed by atoms with E-state index < -0.39 is 0 Å². The van der Waals surface area contributed by atoms with Gasteiger partial charge in [0.25, 0.3) is 0 Å². The minimum atomic E-state index is 0.393. The Morgan fingerprint density at radius 1 is 1.69 bits per heavy atom. The standard InChI is InChI=1S/C9H16N4/c10-9-2-4-13(7-9)3-1-8-5-11-12-6-8/h5-6,9H,1-4,7,10H2,(H,11,12)/t9-/m0/s1. The number of likely N-dealkylation sites (tertiary alicyclic amines) is 1. The third-order valence-electron chi connectivity index (χ3n) is 2.58. The average molecular weight is 180 g/mol. The zero-order valence-corrected chi connectivity index (χ0v) is 7.74. The van der Waals surface area contributed by atoms with Crippen LogP contribution in [0.25, 0.3) is 0 Å². The molecule has 1 aromatic rings. The molecule has 0 saturated carbocycles. The number of rotatable bonds is 3. The number of nitrogens with one attached hydrogen (secondary N) is 1. The summed E-state index contributed by atoms with van der Waals surface area (Å²) in [7, 11) is 0. The molecule has 1 saturated heterocycles. The summed E-state index contributed by atoms with van der Waals surface area (Å²) in [6.07, 6.45) is 6.06. The number of aromatic nitrogens is 2. The third-order valence-corrected chi connectivity index (χ3v) is 2.58. The zero-order valence-electron chi connectivity index (χ0n) is 7.74. The molecule has 1 atom stereocenters. The van der Waals surface area contributed by atoms with E-state index in [2.05, 4.69) is 15.1 Å². The second kappa shape index (κ2) is 3.89. The zero-order chi connectivity index (χ0) is 9.10. The van der Waals surface area contributed by atoms with Gasteiger partial charge in [0.05, 0.1) is 6.20 Å². The summed E-state index contributed by atoms with van der Waals surface area (Å²) in [6, 6.07) is 0.393. The van der Waals surface area contributed by atoms with Gasteiger partial charge in [-0.25, -0.2) is 0 Å². The predicted octanol–water partition coefficient (Wildman–Crippen LogP) is -0.0148. The Morgan fingerprint density at radius 2 is 2.62 bits per heavy atom. The fraction of sp³-hybridized carbons (Fsp3) is 0.667. The maximum atomic E-state index is 5.81. The van der Waals surface area contributed by atoms with Crippen LogP contribution in [-0.2, 0) is 6.42 Å². The maximum Gasteiger partial charge on any atom is 0.0519 e. The number of hydrogen-bond acceptors (Lipinski definition) is 3. The summed E-state index contributed by atoms with van der Waals surface area (Å²) in [6.45, 7) is 3.31. The van der Waals surface area contributed by atoms with Gasteiger partial charge in [-0.05, 0) is 24.9 Å². The highest BCUT2D eigenvalue weighted by Gasteiger charge is 2.18. The number of nitrogens with zero attached hydrogens (tertiary/aromatic N) is 2. The second-order valence-corrected chi connectivity index (χ2v) is 3.71. The first kappa shape index (κ1) is 8.72. The van der Waals surface area contributed by atoms with Crippen LogP contribution in [0.5, 0.6) is 0 Å². The van der Waals surface area contributed by atoms with E-state index in [9.17, 15) is 0 Å². The summed E-state index contributed by atoms with van der Waals surface area (Å²) in [5.74, 6) is 0. The molecular weight excluding hydrogens is 164 g/mol. The molecule has 4 nitrogen and oxygen atoms in total. The highest BCUT2D eigenvalue weighted by molar-refractivity contribution is 5.02. The highest BCUT2D eigenvalue weighted by Crippen LogP contribution is 2.07. The lowest BCUT2D eigenvalue weighted by atomic mass is 10.2. The maximum absolute atomic E-state index is 5.81. The molecule has 0 spiro atoms. The molecule has 4 heteroatoms. The summed E-state index contributed by atoms with van der Waals surface area (Å²) in [5, 5.41) is 6.73. The van der Waals surface area contributed by atoms with Gasteiger partial charge in [-0.2, -0.15) is 5.10 Å². The molecule has 0 unspecified atom stereocenters. The van der Waals surface area contributed by atoms with Gasteiger partial charge in [0, 0.05) is 25.3 Å². The molecule has 13 heavy (non-hydrogen) atoms. The molecule has 2 heterocycles. The van der Waals surface area contributed by atoms with Gasteiger partial charge in [0.15, 0.2) is 0 Å². The summed E-state index contributed by atoms with van der Waals surface area (Å²) in [5.41, 5.74) is 7.09. The fourth-order valence-electron chi connectivity index (χ4n) is 1.77. The molecule has 2 rings (SSSR count). The first-order valence-corrected chi connectivity index (χ1v) is 4.80. The van der Waals surface area contributed by atoms with Crippen molar-refractivity contribution in [1.82, 2.24) is 15.1 Å². The monoisotopic (exact) mass is 180 g/mol. The van der Waals surface area contributed by atoms with Crippen molar-refractivity contribution in [3.8, 4) is 0 Å². The average Bonchev–Trinajstić information content (AvgIpc) is 2.71. The SMILES string of the molecule is N[C@H]1CCN(CCc2cn[nH]c2)C1. The molecule has 1 fully saturated rings. The summed E-state index contributed by atoms with van der Waals surface area (Å²) < 4.78 is 0. The first-order valence-electron chi connectivity index (χ1n) is 4.80. The number of nitrogens with two attached hydrogens (primary N) is 1. The van der Waals surface area contributed by atoms with Gasteiger partial charge in [0.2, 0.25) is 0 Å². The first-order chi connectivity index (χ1) is 6.34. The van der Waals surface area contributed by atoms with Crippen LogP contribution in [0.3, 0.4) is 0 Å². The van der Waals surface area contributed by atoms with Crippen LogP contribution in [0.4, 0.5) is 0 Å². The Kier molecular flexibility index (Phi) is 2.61. The highest BCUT2D eigenvalue weighted by atomic mass is 15.2. The molecular formula is C9H16N4. The molecule has 0 aliphatic carbocycles. The quantitative estimate of drug-likeness (QED) is 0.687. The van der Waals surface area contributed by atoms with E-state index in [1.54, 1.807) is 0 Å². The molecule has 1 aliphatic heterocycles. The lowest BCUT2D eigenvalue weighted by Gasteiger charge is -2.13. The topological polar surface area (TPSA) is 57.9 Å². The Labute approximate surface area is 78.1 Å². The van der Waals surface area contributed by atoms with Gasteiger partial charge in [-0.15, -0.1) is 0 Å². The van der Waals surface area contributed by atoms with Crippen LogP contribution < -0.4 is 5.73 Å². The van der Waals surface area contributed by atoms with Crippen LogP contribution in [0.2, 0.25) is 0 Å². The molecule has 72 valence electrons. The van der Waals surface area contributed by atoms with Gasteiger partial charge in [0.1, 0.15) is 0 Å². The molecule has 0 aromatic carbocycles. The van der Waals surface area contributed by atoms with Crippen LogP contribution in [0, 0.1) is 0 Å². The van der Waals surface area contributed by atoms with E-state index in [0.29, 0.717) is 6.04 Å². The molecule has 1 aromatic heterocycles. The van der Waals surface area contributed by atoms with Crippen molar-refractivity contribution in [1.29, 1.82) is 0 Å². The minimum Gasteiger partial charge on any atom is -0.326 e. The molecule has 0 amide bonds. The largest absolute Gasteiger partial charge is 0.326 e. The van der Waals surface area contributed by atoms with Gasteiger partial charge < -0.3 is 10.6 Å². The molecule has 1 aliphatic rings. The predicted molar refractivity (Wildman–Crippen MR) is 51.3 cm³/mol. The van der Waals surface area contributed by atoms with E-state index in [4.69, 9.17) is 5.73 Å².